The predicted molar refractivity (Wildman–Crippen MR) is 112 cm³/mol. The van der Waals surface area contributed by atoms with Crippen LogP contribution in [0.2, 0.25) is 0 Å². The smallest absolute Gasteiger partial charge is 0.161 e. The van der Waals surface area contributed by atoms with Crippen LogP contribution in [0.1, 0.15) is 36.2 Å². The molecule has 0 saturated heterocycles. The Morgan fingerprint density at radius 1 is 1.00 bits per heavy atom. The van der Waals surface area contributed by atoms with E-state index in [1.165, 1.54) is 16.6 Å². The number of aryl methyl sites for hydroxylation is 4. The first-order chi connectivity index (χ1) is 13.6. The van der Waals surface area contributed by atoms with Crippen molar-refractivity contribution in [3.8, 4) is 11.5 Å². The summed E-state index contributed by atoms with van der Waals surface area (Å²) in [5.41, 5.74) is 4.76. The van der Waals surface area contributed by atoms with Crippen LogP contribution in [0, 0.1) is 13.8 Å². The predicted octanol–water partition coefficient (Wildman–Crippen LogP) is 4.45. The minimum Gasteiger partial charge on any atom is -0.493 e. The Hall–Kier alpha value is -2.53. The topological polar surface area (TPSA) is 56.5 Å². The fraction of sp³-hybridized carbons (Fsp3) is 0.435. The van der Waals surface area contributed by atoms with Gasteiger partial charge < -0.3 is 19.1 Å². The van der Waals surface area contributed by atoms with Gasteiger partial charge in [0.1, 0.15) is 5.82 Å². The van der Waals surface area contributed by atoms with Crippen molar-refractivity contribution in [1.82, 2.24) is 9.55 Å². The van der Waals surface area contributed by atoms with E-state index < -0.39 is 0 Å². The average molecular weight is 383 g/mol. The van der Waals surface area contributed by atoms with Crippen molar-refractivity contribution in [2.45, 2.75) is 46.1 Å². The van der Waals surface area contributed by atoms with Crippen molar-refractivity contribution in [1.29, 1.82) is 0 Å². The van der Waals surface area contributed by atoms with Gasteiger partial charge in [-0.05, 0) is 68.5 Å². The van der Waals surface area contributed by atoms with Gasteiger partial charge in [-0.15, -0.1) is 0 Å². The van der Waals surface area contributed by atoms with Crippen molar-refractivity contribution in [2.75, 3.05) is 20.3 Å². The molecule has 3 rings (SSSR count). The minimum atomic E-state index is 0.189. The molecule has 0 unspecified atom stereocenters. The van der Waals surface area contributed by atoms with E-state index in [4.69, 9.17) is 14.5 Å². The molecule has 3 aromatic rings. The largest absolute Gasteiger partial charge is 0.493 e. The summed E-state index contributed by atoms with van der Waals surface area (Å²) in [6.07, 6.45) is 3.47. The second kappa shape index (κ2) is 9.60. The molecule has 0 amide bonds. The third-order valence-electron chi connectivity index (χ3n) is 5.10. The van der Waals surface area contributed by atoms with E-state index in [1.54, 1.807) is 7.11 Å². The number of nitrogens with zero attached hydrogens (tertiary/aromatic N) is 2. The molecule has 0 radical (unpaired) electrons. The second-order valence-electron chi connectivity index (χ2n) is 7.14. The summed E-state index contributed by atoms with van der Waals surface area (Å²) in [7, 11) is 1.66. The number of ether oxygens (including phenoxy) is 2. The molecule has 0 fully saturated rings. The van der Waals surface area contributed by atoms with Gasteiger partial charge in [-0.2, -0.15) is 0 Å². The first-order valence-corrected chi connectivity index (χ1v) is 9.97. The number of aliphatic hydroxyl groups excluding tert-OH is 1. The van der Waals surface area contributed by atoms with Gasteiger partial charge in [-0.25, -0.2) is 4.98 Å². The lowest BCUT2D eigenvalue weighted by atomic mass is 10.1. The summed E-state index contributed by atoms with van der Waals surface area (Å²) in [5, 5.41) is 9.21. The molecule has 5 heteroatoms. The average Bonchev–Trinajstić information content (AvgIpc) is 3.03. The first kappa shape index (κ1) is 20.2. The zero-order valence-corrected chi connectivity index (χ0v) is 17.1. The SMILES string of the molecule is COc1ccccc1OCCCCn1c(CCCO)nc2cc(C)c(C)cc21. The molecule has 1 aromatic heterocycles. The molecule has 150 valence electrons. The van der Waals surface area contributed by atoms with Gasteiger partial charge in [-0.1, -0.05) is 12.1 Å². The number of aliphatic hydroxyl groups is 1. The van der Waals surface area contributed by atoms with Crippen molar-refractivity contribution in [3.05, 3.63) is 53.3 Å². The Morgan fingerprint density at radius 2 is 1.75 bits per heavy atom. The van der Waals surface area contributed by atoms with Crippen LogP contribution >= 0.6 is 0 Å². The van der Waals surface area contributed by atoms with E-state index >= 15 is 0 Å². The molecule has 0 aliphatic rings. The van der Waals surface area contributed by atoms with Gasteiger partial charge in [0, 0.05) is 19.6 Å². The van der Waals surface area contributed by atoms with Gasteiger partial charge in [0.2, 0.25) is 0 Å². The third kappa shape index (κ3) is 4.65. The Bertz CT molecular complexity index is 918. The number of aromatic nitrogens is 2. The van der Waals surface area contributed by atoms with Crippen LogP contribution in [0.5, 0.6) is 11.5 Å². The minimum absolute atomic E-state index is 0.189. The molecule has 5 nitrogen and oxygen atoms in total. The van der Waals surface area contributed by atoms with Crippen molar-refractivity contribution < 1.29 is 14.6 Å². The number of para-hydroxylation sites is 2. The van der Waals surface area contributed by atoms with Crippen LogP contribution < -0.4 is 9.47 Å². The van der Waals surface area contributed by atoms with Gasteiger partial charge in [-0.3, -0.25) is 0 Å². The molecule has 0 aliphatic heterocycles. The molecule has 1 N–H and O–H groups in total. The maximum absolute atomic E-state index is 9.21. The van der Waals surface area contributed by atoms with E-state index in [1.807, 2.05) is 24.3 Å². The van der Waals surface area contributed by atoms with Crippen LogP contribution in [-0.2, 0) is 13.0 Å². The Balaban J connectivity index is 1.65. The normalized spacial score (nSPS) is 11.1. The maximum atomic E-state index is 9.21. The van der Waals surface area contributed by atoms with E-state index in [2.05, 4.69) is 30.5 Å². The number of unbranched alkanes of at least 4 members (excludes halogenated alkanes) is 1. The number of fused-ring (bicyclic) bond motifs is 1. The lowest BCUT2D eigenvalue weighted by molar-refractivity contribution is 0.282. The van der Waals surface area contributed by atoms with Crippen LogP contribution in [0.3, 0.4) is 0 Å². The van der Waals surface area contributed by atoms with E-state index in [9.17, 15) is 5.11 Å². The van der Waals surface area contributed by atoms with Crippen molar-refractivity contribution >= 4 is 11.0 Å². The van der Waals surface area contributed by atoms with E-state index in [0.29, 0.717) is 6.61 Å². The van der Waals surface area contributed by atoms with Gasteiger partial charge >= 0.3 is 0 Å². The number of rotatable bonds is 10. The third-order valence-corrected chi connectivity index (χ3v) is 5.10. The molecule has 0 saturated carbocycles. The van der Waals surface area contributed by atoms with E-state index in [0.717, 1.165) is 55.1 Å². The summed E-state index contributed by atoms with van der Waals surface area (Å²) >= 11 is 0. The number of imidazole rings is 1. The monoisotopic (exact) mass is 382 g/mol. The highest BCUT2D eigenvalue weighted by Gasteiger charge is 2.12. The highest BCUT2D eigenvalue weighted by molar-refractivity contribution is 5.78. The number of hydrogen-bond donors (Lipinski definition) is 1. The van der Waals surface area contributed by atoms with E-state index in [-0.39, 0.29) is 6.61 Å². The fourth-order valence-electron chi connectivity index (χ4n) is 3.40. The molecule has 0 atom stereocenters. The molecular formula is C23H30N2O3. The van der Waals surface area contributed by atoms with Gasteiger partial charge in [0.15, 0.2) is 11.5 Å². The lowest BCUT2D eigenvalue weighted by Gasteiger charge is -2.12. The van der Waals surface area contributed by atoms with Crippen LogP contribution in [0.25, 0.3) is 11.0 Å². The maximum Gasteiger partial charge on any atom is 0.161 e. The first-order valence-electron chi connectivity index (χ1n) is 9.97. The summed E-state index contributed by atoms with van der Waals surface area (Å²) in [6.45, 7) is 6.00. The van der Waals surface area contributed by atoms with Gasteiger partial charge in [0.25, 0.3) is 0 Å². The van der Waals surface area contributed by atoms with Crippen molar-refractivity contribution in [2.24, 2.45) is 0 Å². The number of benzene rings is 2. The lowest BCUT2D eigenvalue weighted by Crippen LogP contribution is -2.07. The Labute approximate surface area is 166 Å². The zero-order valence-electron chi connectivity index (χ0n) is 17.1. The summed E-state index contributed by atoms with van der Waals surface area (Å²) in [6, 6.07) is 12.1. The Kier molecular flexibility index (Phi) is 6.93. The number of methoxy groups -OCH3 is 1. The fourth-order valence-corrected chi connectivity index (χ4v) is 3.40. The highest BCUT2D eigenvalue weighted by atomic mass is 16.5. The Morgan fingerprint density at radius 3 is 2.50 bits per heavy atom. The molecule has 0 bridgehead atoms. The molecule has 2 aromatic carbocycles. The molecule has 1 heterocycles. The highest BCUT2D eigenvalue weighted by Crippen LogP contribution is 2.26. The summed E-state index contributed by atoms with van der Waals surface area (Å²) < 4.78 is 13.5. The summed E-state index contributed by atoms with van der Waals surface area (Å²) in [4.78, 5) is 4.83. The second-order valence-corrected chi connectivity index (χ2v) is 7.14. The van der Waals surface area contributed by atoms with Crippen LogP contribution in [0.15, 0.2) is 36.4 Å². The summed E-state index contributed by atoms with van der Waals surface area (Å²) in [5.74, 6) is 2.60. The zero-order chi connectivity index (χ0) is 19.9. The quantitative estimate of drug-likeness (QED) is 0.527. The van der Waals surface area contributed by atoms with Crippen LogP contribution in [-0.4, -0.2) is 35.0 Å². The molecular weight excluding hydrogens is 352 g/mol. The molecule has 0 spiro atoms. The van der Waals surface area contributed by atoms with Gasteiger partial charge in [0.05, 0.1) is 24.8 Å². The molecule has 0 aliphatic carbocycles. The number of hydrogen-bond acceptors (Lipinski definition) is 4. The van der Waals surface area contributed by atoms with Crippen LogP contribution in [0.4, 0.5) is 0 Å². The molecule has 28 heavy (non-hydrogen) atoms. The van der Waals surface area contributed by atoms with Crippen molar-refractivity contribution in [3.63, 3.8) is 0 Å². The standard InChI is InChI=1S/C23H30N2O3/c1-17-15-19-20(16-18(17)2)25(23(24-19)11-8-13-26)12-6-7-14-28-22-10-5-4-9-21(22)27-3/h4-5,9-10,15-16,26H,6-8,11-14H2,1-3H3.